The van der Waals surface area contributed by atoms with Crippen molar-refractivity contribution in [2.45, 2.75) is 39.2 Å². The highest BCUT2D eigenvalue weighted by atomic mass is 16.5. The van der Waals surface area contributed by atoms with Crippen molar-refractivity contribution in [3.8, 4) is 0 Å². The van der Waals surface area contributed by atoms with Gasteiger partial charge in [0.25, 0.3) is 0 Å². The van der Waals surface area contributed by atoms with Crippen molar-refractivity contribution in [2.75, 3.05) is 33.3 Å². The normalized spacial score (nSPS) is 20.2. The van der Waals surface area contributed by atoms with Crippen molar-refractivity contribution in [2.24, 2.45) is 5.92 Å². The van der Waals surface area contributed by atoms with E-state index in [0.29, 0.717) is 5.92 Å². The van der Waals surface area contributed by atoms with Gasteiger partial charge in [-0.2, -0.15) is 0 Å². The lowest BCUT2D eigenvalue weighted by Crippen LogP contribution is -2.41. The molecule has 1 rings (SSSR count). The summed E-state index contributed by atoms with van der Waals surface area (Å²) in [5, 5.41) is 3.29. The fourth-order valence-corrected chi connectivity index (χ4v) is 2.35. The fourth-order valence-electron chi connectivity index (χ4n) is 2.35. The van der Waals surface area contributed by atoms with E-state index in [1.807, 2.05) is 6.92 Å². The van der Waals surface area contributed by atoms with Crippen LogP contribution in [0.5, 0.6) is 0 Å². The van der Waals surface area contributed by atoms with Crippen LogP contribution in [-0.4, -0.2) is 50.2 Å². The summed E-state index contributed by atoms with van der Waals surface area (Å²) in [4.78, 5) is 13.9. The number of methoxy groups -OCH3 is 1. The minimum Gasteiger partial charge on any atom is -0.468 e. The van der Waals surface area contributed by atoms with Gasteiger partial charge in [-0.3, -0.25) is 4.79 Å². The third kappa shape index (κ3) is 5.04. The van der Waals surface area contributed by atoms with Gasteiger partial charge >= 0.3 is 5.97 Å². The van der Waals surface area contributed by atoms with E-state index in [1.165, 1.54) is 33.0 Å². The van der Waals surface area contributed by atoms with E-state index in [4.69, 9.17) is 4.74 Å². The van der Waals surface area contributed by atoms with Gasteiger partial charge in [0.1, 0.15) is 6.04 Å². The monoisotopic (exact) mass is 242 g/mol. The lowest BCUT2D eigenvalue weighted by atomic mass is 10.1. The number of rotatable bonds is 7. The summed E-state index contributed by atoms with van der Waals surface area (Å²) in [6.45, 7) is 8.71. The zero-order chi connectivity index (χ0) is 12.7. The summed E-state index contributed by atoms with van der Waals surface area (Å²) in [6.07, 6.45) is 3.45. The van der Waals surface area contributed by atoms with Crippen LogP contribution in [0, 0.1) is 5.92 Å². The van der Waals surface area contributed by atoms with Gasteiger partial charge in [-0.15, -0.1) is 0 Å². The molecule has 1 saturated heterocycles. The van der Waals surface area contributed by atoms with Crippen LogP contribution in [-0.2, 0) is 9.53 Å². The first-order valence-corrected chi connectivity index (χ1v) is 6.71. The molecule has 1 heterocycles. The van der Waals surface area contributed by atoms with Crippen LogP contribution in [0.1, 0.15) is 33.1 Å². The first-order valence-electron chi connectivity index (χ1n) is 6.71. The van der Waals surface area contributed by atoms with E-state index in [2.05, 4.69) is 17.1 Å². The number of likely N-dealkylation sites (tertiary alicyclic amines) is 1. The molecule has 0 aliphatic carbocycles. The Morgan fingerprint density at radius 1 is 1.41 bits per heavy atom. The molecule has 0 aromatic rings. The summed E-state index contributed by atoms with van der Waals surface area (Å²) >= 11 is 0. The Bertz CT molecular complexity index is 227. The van der Waals surface area contributed by atoms with E-state index < -0.39 is 0 Å². The minimum atomic E-state index is -0.152. The lowest BCUT2D eigenvalue weighted by molar-refractivity contribution is -0.143. The number of hydrogen-bond donors (Lipinski definition) is 1. The average Bonchev–Trinajstić information content (AvgIpc) is 2.82. The second-order valence-corrected chi connectivity index (χ2v) is 5.01. The van der Waals surface area contributed by atoms with Crippen molar-refractivity contribution in [1.82, 2.24) is 10.2 Å². The van der Waals surface area contributed by atoms with Gasteiger partial charge in [-0.25, -0.2) is 0 Å². The van der Waals surface area contributed by atoms with Crippen molar-refractivity contribution >= 4 is 5.97 Å². The molecule has 0 bridgehead atoms. The van der Waals surface area contributed by atoms with Gasteiger partial charge in [0.15, 0.2) is 0 Å². The zero-order valence-electron chi connectivity index (χ0n) is 11.4. The molecule has 4 heteroatoms. The molecule has 0 aromatic carbocycles. The van der Waals surface area contributed by atoms with Crippen LogP contribution < -0.4 is 5.32 Å². The summed E-state index contributed by atoms with van der Waals surface area (Å²) < 4.78 is 4.76. The maximum Gasteiger partial charge on any atom is 0.322 e. The highest BCUT2D eigenvalue weighted by molar-refractivity contribution is 5.75. The molecule has 0 radical (unpaired) electrons. The van der Waals surface area contributed by atoms with Crippen molar-refractivity contribution in [3.05, 3.63) is 0 Å². The molecule has 1 N–H and O–H groups in total. The molecule has 1 aliphatic rings. The molecule has 17 heavy (non-hydrogen) atoms. The van der Waals surface area contributed by atoms with E-state index in [-0.39, 0.29) is 12.0 Å². The molecule has 2 atom stereocenters. The highest BCUT2D eigenvalue weighted by Crippen LogP contribution is 2.10. The highest BCUT2D eigenvalue weighted by Gasteiger charge is 2.19. The van der Waals surface area contributed by atoms with E-state index in [0.717, 1.165) is 19.5 Å². The molecular formula is C13H26N2O2. The largest absolute Gasteiger partial charge is 0.468 e. The van der Waals surface area contributed by atoms with Crippen LogP contribution in [0.15, 0.2) is 0 Å². The van der Waals surface area contributed by atoms with Gasteiger partial charge < -0.3 is 15.0 Å². The minimum absolute atomic E-state index is 0.152. The molecule has 1 aliphatic heterocycles. The Labute approximate surface area is 105 Å². The molecule has 1 fully saturated rings. The zero-order valence-corrected chi connectivity index (χ0v) is 11.4. The molecule has 100 valence electrons. The summed E-state index contributed by atoms with van der Waals surface area (Å²) in [6, 6.07) is -0.152. The van der Waals surface area contributed by atoms with E-state index >= 15 is 0 Å². The first kappa shape index (κ1) is 14.5. The Morgan fingerprint density at radius 3 is 2.59 bits per heavy atom. The van der Waals surface area contributed by atoms with Gasteiger partial charge in [-0.05, 0) is 44.8 Å². The van der Waals surface area contributed by atoms with Crippen LogP contribution in [0.3, 0.4) is 0 Å². The molecular weight excluding hydrogens is 216 g/mol. The summed E-state index contributed by atoms with van der Waals surface area (Å²) in [5.74, 6) is 0.424. The van der Waals surface area contributed by atoms with Gasteiger partial charge in [0, 0.05) is 6.54 Å². The molecule has 0 aromatic heterocycles. The van der Waals surface area contributed by atoms with Gasteiger partial charge in [0.2, 0.25) is 0 Å². The molecule has 0 amide bonds. The van der Waals surface area contributed by atoms with Crippen molar-refractivity contribution < 1.29 is 9.53 Å². The smallest absolute Gasteiger partial charge is 0.322 e. The second kappa shape index (κ2) is 7.67. The third-order valence-corrected chi connectivity index (χ3v) is 3.38. The number of hydrogen-bond acceptors (Lipinski definition) is 4. The van der Waals surface area contributed by atoms with Crippen molar-refractivity contribution in [3.63, 3.8) is 0 Å². The molecule has 4 nitrogen and oxygen atoms in total. The third-order valence-electron chi connectivity index (χ3n) is 3.38. The number of ether oxygens (including phenoxy) is 1. The standard InChI is InChI=1S/C13H26N2O2/c1-4-12(13(16)17-3)14-9-11(2)10-15-7-5-6-8-15/h11-12,14H,4-10H2,1-3H3. The van der Waals surface area contributed by atoms with E-state index in [9.17, 15) is 4.79 Å². The maximum absolute atomic E-state index is 11.4. The Balaban J connectivity index is 2.20. The number of carbonyl (C=O) groups is 1. The topological polar surface area (TPSA) is 41.6 Å². The van der Waals surface area contributed by atoms with E-state index in [1.54, 1.807) is 0 Å². The quantitative estimate of drug-likeness (QED) is 0.682. The van der Waals surface area contributed by atoms with Gasteiger partial charge in [-0.1, -0.05) is 13.8 Å². The van der Waals surface area contributed by atoms with Crippen LogP contribution >= 0.6 is 0 Å². The SMILES string of the molecule is CCC(NCC(C)CN1CCCC1)C(=O)OC. The number of esters is 1. The lowest BCUT2D eigenvalue weighted by Gasteiger charge is -2.22. The van der Waals surface area contributed by atoms with Crippen molar-refractivity contribution in [1.29, 1.82) is 0 Å². The van der Waals surface area contributed by atoms with Gasteiger partial charge in [0.05, 0.1) is 7.11 Å². The molecule has 0 saturated carbocycles. The molecule has 0 spiro atoms. The number of nitrogens with zero attached hydrogens (tertiary/aromatic N) is 1. The number of nitrogens with one attached hydrogen (secondary N) is 1. The first-order chi connectivity index (χ1) is 8.17. The number of carbonyl (C=O) groups excluding carboxylic acids is 1. The Hall–Kier alpha value is -0.610. The fraction of sp³-hybridized carbons (Fsp3) is 0.923. The molecule has 2 unspecified atom stereocenters. The predicted molar refractivity (Wildman–Crippen MR) is 68.9 cm³/mol. The van der Waals surface area contributed by atoms with Crippen LogP contribution in [0.4, 0.5) is 0 Å². The average molecular weight is 242 g/mol. The summed E-state index contributed by atoms with van der Waals surface area (Å²) in [5.41, 5.74) is 0. The summed E-state index contributed by atoms with van der Waals surface area (Å²) in [7, 11) is 1.44. The maximum atomic E-state index is 11.4. The Morgan fingerprint density at radius 2 is 2.06 bits per heavy atom. The Kier molecular flexibility index (Phi) is 6.52. The van der Waals surface area contributed by atoms with Crippen LogP contribution in [0.2, 0.25) is 0 Å². The second-order valence-electron chi connectivity index (χ2n) is 5.01. The van der Waals surface area contributed by atoms with Crippen LogP contribution in [0.25, 0.3) is 0 Å². The predicted octanol–water partition coefficient (Wildman–Crippen LogP) is 1.26.